The van der Waals surface area contributed by atoms with Crippen LogP contribution in [0.3, 0.4) is 0 Å². The molecule has 3 N–H and O–H groups in total. The number of amides is 2. The summed E-state index contributed by atoms with van der Waals surface area (Å²) in [6.07, 6.45) is 3.87. The summed E-state index contributed by atoms with van der Waals surface area (Å²) in [6, 6.07) is 10.9. The van der Waals surface area contributed by atoms with Gasteiger partial charge in [-0.3, -0.25) is 19.5 Å². The number of aromatic nitrogens is 1. The van der Waals surface area contributed by atoms with Crippen molar-refractivity contribution >= 4 is 17.5 Å². The molecule has 0 unspecified atom stereocenters. The van der Waals surface area contributed by atoms with Crippen molar-refractivity contribution in [3.63, 3.8) is 0 Å². The summed E-state index contributed by atoms with van der Waals surface area (Å²) in [6.45, 7) is 2.45. The van der Waals surface area contributed by atoms with Gasteiger partial charge in [-0.15, -0.1) is 0 Å². The van der Waals surface area contributed by atoms with Crippen molar-refractivity contribution in [2.45, 2.75) is 24.7 Å². The second-order valence-electron chi connectivity index (χ2n) is 7.74. The first-order valence-corrected chi connectivity index (χ1v) is 10.2. The number of likely N-dealkylation sites (tertiary alicyclic amines) is 1. The quantitative estimate of drug-likeness (QED) is 0.777. The standard InChI is InChI=1S/C22H26N4O4/c23-21(28)22(19-5-1-2-9-24-19)8-3-10-26(15-22)14-20(27)25-16-6-7-17-18(13-16)30-12-4-11-29-17/h1-2,5-7,9,13H,3-4,8,10-12,14-15H2,(H2,23,28)(H,25,27)/t22-/m1/s1. The summed E-state index contributed by atoms with van der Waals surface area (Å²) < 4.78 is 11.3. The van der Waals surface area contributed by atoms with E-state index in [-0.39, 0.29) is 12.5 Å². The van der Waals surface area contributed by atoms with E-state index >= 15 is 0 Å². The van der Waals surface area contributed by atoms with Crippen LogP contribution in [0.1, 0.15) is 25.0 Å². The van der Waals surface area contributed by atoms with Gasteiger partial charge < -0.3 is 20.5 Å². The normalized spacial score (nSPS) is 21.5. The van der Waals surface area contributed by atoms with Crippen molar-refractivity contribution in [1.29, 1.82) is 0 Å². The predicted octanol–water partition coefficient (Wildman–Crippen LogP) is 1.70. The summed E-state index contributed by atoms with van der Waals surface area (Å²) in [7, 11) is 0. The first-order chi connectivity index (χ1) is 14.6. The Kier molecular flexibility index (Phi) is 5.85. The van der Waals surface area contributed by atoms with Crippen LogP contribution < -0.4 is 20.5 Å². The third kappa shape index (κ3) is 4.23. The molecular weight excluding hydrogens is 384 g/mol. The Balaban J connectivity index is 1.43. The van der Waals surface area contributed by atoms with Crippen LogP contribution in [0.4, 0.5) is 5.69 Å². The fourth-order valence-electron chi connectivity index (χ4n) is 4.11. The molecule has 0 saturated carbocycles. The van der Waals surface area contributed by atoms with Crippen molar-refractivity contribution < 1.29 is 19.1 Å². The zero-order chi connectivity index (χ0) is 21.0. The summed E-state index contributed by atoms with van der Waals surface area (Å²) in [5.41, 5.74) is 6.22. The molecule has 0 spiro atoms. The Morgan fingerprint density at radius 1 is 1.13 bits per heavy atom. The number of benzene rings is 1. The molecule has 1 fully saturated rings. The molecule has 1 aromatic heterocycles. The molecule has 8 heteroatoms. The first-order valence-electron chi connectivity index (χ1n) is 10.2. The second-order valence-corrected chi connectivity index (χ2v) is 7.74. The van der Waals surface area contributed by atoms with Gasteiger partial charge >= 0.3 is 0 Å². The van der Waals surface area contributed by atoms with E-state index in [1.165, 1.54) is 0 Å². The van der Waals surface area contributed by atoms with Crippen LogP contribution in [0, 0.1) is 0 Å². The van der Waals surface area contributed by atoms with Crippen LogP contribution in [0.2, 0.25) is 0 Å². The number of anilines is 1. The largest absolute Gasteiger partial charge is 0.490 e. The van der Waals surface area contributed by atoms with Crippen molar-refractivity contribution in [2.75, 3.05) is 38.2 Å². The monoisotopic (exact) mass is 410 g/mol. The minimum Gasteiger partial charge on any atom is -0.490 e. The fourth-order valence-corrected chi connectivity index (χ4v) is 4.11. The van der Waals surface area contributed by atoms with E-state index in [0.717, 1.165) is 19.4 Å². The maximum Gasteiger partial charge on any atom is 0.238 e. The Morgan fingerprint density at radius 2 is 1.97 bits per heavy atom. The van der Waals surface area contributed by atoms with Crippen LogP contribution in [-0.2, 0) is 15.0 Å². The lowest BCUT2D eigenvalue weighted by Crippen LogP contribution is -2.55. The van der Waals surface area contributed by atoms with Crippen LogP contribution >= 0.6 is 0 Å². The van der Waals surface area contributed by atoms with Crippen molar-refractivity contribution in [3.05, 3.63) is 48.3 Å². The molecule has 8 nitrogen and oxygen atoms in total. The molecule has 0 aliphatic carbocycles. The van der Waals surface area contributed by atoms with Gasteiger partial charge in [0.05, 0.1) is 25.5 Å². The third-order valence-electron chi connectivity index (χ3n) is 5.60. The average molecular weight is 410 g/mol. The molecule has 0 bridgehead atoms. The SMILES string of the molecule is NC(=O)[C@]1(c2ccccn2)CCCN(CC(=O)Nc2ccc3c(c2)OCCCO3)C1. The van der Waals surface area contributed by atoms with Gasteiger partial charge in [0.15, 0.2) is 11.5 Å². The number of hydrogen-bond acceptors (Lipinski definition) is 6. The summed E-state index contributed by atoms with van der Waals surface area (Å²) in [4.78, 5) is 31.4. The van der Waals surface area contributed by atoms with E-state index in [2.05, 4.69) is 10.3 Å². The molecule has 4 rings (SSSR count). The predicted molar refractivity (Wildman–Crippen MR) is 111 cm³/mol. The minimum absolute atomic E-state index is 0.161. The fraction of sp³-hybridized carbons (Fsp3) is 0.409. The molecule has 2 aliphatic heterocycles. The van der Waals surface area contributed by atoms with Gasteiger partial charge in [0, 0.05) is 30.9 Å². The maximum absolute atomic E-state index is 12.7. The Morgan fingerprint density at radius 3 is 2.73 bits per heavy atom. The molecule has 3 heterocycles. The molecule has 1 aromatic carbocycles. The second kappa shape index (κ2) is 8.71. The molecule has 2 aliphatic rings. The van der Waals surface area contributed by atoms with E-state index < -0.39 is 11.3 Å². The van der Waals surface area contributed by atoms with E-state index in [9.17, 15) is 9.59 Å². The first kappa shape index (κ1) is 20.2. The highest BCUT2D eigenvalue weighted by atomic mass is 16.5. The number of pyridine rings is 1. The highest BCUT2D eigenvalue weighted by molar-refractivity contribution is 5.93. The minimum atomic E-state index is -0.880. The highest BCUT2D eigenvalue weighted by Gasteiger charge is 2.43. The Labute approximate surface area is 175 Å². The summed E-state index contributed by atoms with van der Waals surface area (Å²) in [5.74, 6) is 0.745. The molecule has 1 atom stereocenters. The zero-order valence-corrected chi connectivity index (χ0v) is 16.8. The molecule has 2 aromatic rings. The number of carbonyl (C=O) groups excluding carboxylic acids is 2. The van der Waals surface area contributed by atoms with Crippen LogP contribution in [0.25, 0.3) is 0 Å². The number of primary amides is 1. The van der Waals surface area contributed by atoms with Crippen LogP contribution in [0.5, 0.6) is 11.5 Å². The molecular formula is C22H26N4O4. The number of nitrogens with zero attached hydrogens (tertiary/aromatic N) is 2. The topological polar surface area (TPSA) is 107 Å². The Bertz CT molecular complexity index is 921. The molecule has 1 saturated heterocycles. The van der Waals surface area contributed by atoms with E-state index in [1.54, 1.807) is 24.4 Å². The molecule has 158 valence electrons. The number of nitrogens with one attached hydrogen (secondary N) is 1. The van der Waals surface area contributed by atoms with Crippen molar-refractivity contribution in [2.24, 2.45) is 5.73 Å². The number of rotatable bonds is 5. The maximum atomic E-state index is 12.7. The lowest BCUT2D eigenvalue weighted by Gasteiger charge is -2.40. The van der Waals surface area contributed by atoms with Crippen molar-refractivity contribution in [3.8, 4) is 11.5 Å². The van der Waals surface area contributed by atoms with E-state index in [0.29, 0.717) is 49.1 Å². The number of carbonyl (C=O) groups is 2. The van der Waals surface area contributed by atoms with Crippen molar-refractivity contribution in [1.82, 2.24) is 9.88 Å². The van der Waals surface area contributed by atoms with Gasteiger partial charge in [-0.25, -0.2) is 0 Å². The Hall–Kier alpha value is -3.13. The lowest BCUT2D eigenvalue weighted by molar-refractivity contribution is -0.127. The van der Waals surface area contributed by atoms with Gasteiger partial charge in [0.2, 0.25) is 11.8 Å². The zero-order valence-electron chi connectivity index (χ0n) is 16.8. The van der Waals surface area contributed by atoms with Crippen LogP contribution in [-0.4, -0.2) is 54.5 Å². The number of fused-ring (bicyclic) bond motifs is 1. The van der Waals surface area contributed by atoms with E-state index in [4.69, 9.17) is 15.2 Å². The number of nitrogens with two attached hydrogens (primary N) is 1. The molecule has 0 radical (unpaired) electrons. The number of piperidine rings is 1. The highest BCUT2D eigenvalue weighted by Crippen LogP contribution is 2.34. The number of hydrogen-bond donors (Lipinski definition) is 2. The van der Waals surface area contributed by atoms with Gasteiger partial charge in [-0.2, -0.15) is 0 Å². The van der Waals surface area contributed by atoms with Gasteiger partial charge in [0.1, 0.15) is 5.41 Å². The van der Waals surface area contributed by atoms with Gasteiger partial charge in [-0.1, -0.05) is 6.07 Å². The number of ether oxygens (including phenoxy) is 2. The van der Waals surface area contributed by atoms with E-state index in [1.807, 2.05) is 23.1 Å². The average Bonchev–Trinajstić information content (AvgIpc) is 2.99. The van der Waals surface area contributed by atoms with Crippen LogP contribution in [0.15, 0.2) is 42.6 Å². The van der Waals surface area contributed by atoms with Gasteiger partial charge in [-0.05, 0) is 43.7 Å². The summed E-state index contributed by atoms with van der Waals surface area (Å²) in [5, 5.41) is 2.91. The molecule has 2 amide bonds. The van der Waals surface area contributed by atoms with Gasteiger partial charge in [0.25, 0.3) is 0 Å². The third-order valence-corrected chi connectivity index (χ3v) is 5.60. The smallest absolute Gasteiger partial charge is 0.238 e. The summed E-state index contributed by atoms with van der Waals surface area (Å²) >= 11 is 0. The molecule has 30 heavy (non-hydrogen) atoms. The lowest BCUT2D eigenvalue weighted by atomic mass is 9.76.